The first-order chi connectivity index (χ1) is 6.37. The topological polar surface area (TPSA) is 78.9 Å². The predicted molar refractivity (Wildman–Crippen MR) is 52.4 cm³/mol. The second kappa shape index (κ2) is 5.63. The van der Waals surface area contributed by atoms with E-state index < -0.39 is 10.4 Å². The number of rotatable bonds is 2. The molecule has 0 atom stereocenters. The minimum atomic E-state index is -4.16. The van der Waals surface area contributed by atoms with Crippen molar-refractivity contribution in [3.05, 3.63) is 24.7 Å². The molecular weight excluding hydrogens is 208 g/mol. The Morgan fingerprint density at radius 3 is 2.36 bits per heavy atom. The minimum absolute atomic E-state index is 0.870. The summed E-state index contributed by atoms with van der Waals surface area (Å²) in [6, 6.07) is 0. The molecule has 0 amide bonds. The van der Waals surface area contributed by atoms with Gasteiger partial charge >= 0.3 is 10.4 Å². The highest BCUT2D eigenvalue weighted by Crippen LogP contribution is 2.01. The van der Waals surface area contributed by atoms with Crippen molar-refractivity contribution in [2.45, 2.75) is 6.92 Å². The molecule has 1 rings (SSSR count). The summed E-state index contributed by atoms with van der Waals surface area (Å²) < 4.78 is 29.7. The quantitative estimate of drug-likeness (QED) is 0.654. The average Bonchev–Trinajstić information content (AvgIpc) is 2.56. The van der Waals surface area contributed by atoms with Gasteiger partial charge in [-0.3, -0.25) is 8.74 Å². The number of hydrogen-bond acceptors (Lipinski definition) is 5. The van der Waals surface area contributed by atoms with Crippen LogP contribution >= 0.6 is 0 Å². The van der Waals surface area contributed by atoms with Crippen molar-refractivity contribution in [1.29, 1.82) is 0 Å². The molecule has 0 bridgehead atoms. The average molecular weight is 222 g/mol. The molecule has 0 spiro atoms. The molecule has 0 aromatic heterocycles. The maximum Gasteiger partial charge on any atom is 0.397 e. The molecule has 0 unspecified atom stereocenters. The van der Waals surface area contributed by atoms with Gasteiger partial charge in [0.2, 0.25) is 0 Å². The summed E-state index contributed by atoms with van der Waals surface area (Å²) >= 11 is 0. The van der Waals surface area contributed by atoms with Crippen molar-refractivity contribution in [2.24, 2.45) is 0 Å². The molecule has 1 aliphatic heterocycles. The Morgan fingerprint density at radius 2 is 2.21 bits per heavy atom. The molecule has 2 N–H and O–H groups in total. The minimum Gasteiger partial charge on any atom is -0.372 e. The van der Waals surface area contributed by atoms with Crippen molar-refractivity contribution in [2.75, 3.05) is 13.8 Å². The van der Waals surface area contributed by atoms with Crippen LogP contribution < -0.4 is 5.32 Å². The number of hydrogen-bond donors (Lipinski definition) is 2. The van der Waals surface area contributed by atoms with E-state index >= 15 is 0 Å². The van der Waals surface area contributed by atoms with E-state index in [0.717, 1.165) is 19.5 Å². The van der Waals surface area contributed by atoms with Crippen LogP contribution in [0.15, 0.2) is 24.7 Å². The Bertz CT molecular complexity index is 310. The Labute approximate surface area is 83.8 Å². The zero-order chi connectivity index (χ0) is 11.2. The Kier molecular flexibility index (Phi) is 5.21. The van der Waals surface area contributed by atoms with Gasteiger partial charge in [0.05, 0.1) is 13.8 Å². The SMILES string of the molecule is C=C(C)N1C=CNC1.COS(=O)(=O)O. The van der Waals surface area contributed by atoms with Crippen molar-refractivity contribution >= 4 is 10.4 Å². The van der Waals surface area contributed by atoms with Crippen molar-refractivity contribution in [3.8, 4) is 0 Å². The van der Waals surface area contributed by atoms with Crippen LogP contribution in [-0.4, -0.2) is 31.6 Å². The van der Waals surface area contributed by atoms with Crippen LogP contribution in [0, 0.1) is 0 Å². The number of nitrogens with one attached hydrogen (secondary N) is 1. The summed E-state index contributed by atoms with van der Waals surface area (Å²) in [5, 5.41) is 3.04. The second-order valence-corrected chi connectivity index (χ2v) is 3.67. The third-order valence-corrected chi connectivity index (χ3v) is 1.76. The third-order valence-electron chi connectivity index (χ3n) is 1.33. The fraction of sp³-hybridized carbons (Fsp3) is 0.429. The van der Waals surface area contributed by atoms with E-state index in [1.165, 1.54) is 0 Å². The van der Waals surface area contributed by atoms with Gasteiger partial charge in [0.1, 0.15) is 0 Å². The molecule has 6 nitrogen and oxygen atoms in total. The first kappa shape index (κ1) is 12.9. The van der Waals surface area contributed by atoms with Gasteiger partial charge in [0.15, 0.2) is 0 Å². The maximum atomic E-state index is 9.33. The fourth-order valence-corrected chi connectivity index (χ4v) is 0.609. The second-order valence-electron chi connectivity index (χ2n) is 2.48. The lowest BCUT2D eigenvalue weighted by Crippen LogP contribution is -2.17. The van der Waals surface area contributed by atoms with Gasteiger partial charge in [-0.25, -0.2) is 0 Å². The molecule has 0 aliphatic carbocycles. The molecule has 0 saturated heterocycles. The highest BCUT2D eigenvalue weighted by Gasteiger charge is 2.00. The highest BCUT2D eigenvalue weighted by atomic mass is 32.3. The first-order valence-electron chi connectivity index (χ1n) is 3.72. The van der Waals surface area contributed by atoms with Crippen LogP contribution in [-0.2, 0) is 14.6 Å². The Balaban J connectivity index is 0.000000255. The third kappa shape index (κ3) is 6.46. The molecule has 0 radical (unpaired) electrons. The van der Waals surface area contributed by atoms with Crippen molar-refractivity contribution in [1.82, 2.24) is 10.2 Å². The molecule has 14 heavy (non-hydrogen) atoms. The van der Waals surface area contributed by atoms with Crippen LogP contribution in [0.25, 0.3) is 0 Å². The number of nitrogens with zero attached hydrogens (tertiary/aromatic N) is 1. The summed E-state index contributed by atoms with van der Waals surface area (Å²) in [5.41, 5.74) is 1.08. The zero-order valence-electron chi connectivity index (χ0n) is 8.10. The van der Waals surface area contributed by atoms with Gasteiger partial charge in [0.25, 0.3) is 0 Å². The number of allylic oxidation sites excluding steroid dienone is 1. The van der Waals surface area contributed by atoms with E-state index in [1.54, 1.807) is 0 Å². The van der Waals surface area contributed by atoms with Crippen LogP contribution in [0.3, 0.4) is 0 Å². The lowest BCUT2D eigenvalue weighted by Gasteiger charge is -2.12. The van der Waals surface area contributed by atoms with Gasteiger partial charge in [0, 0.05) is 18.1 Å². The summed E-state index contributed by atoms with van der Waals surface area (Å²) in [7, 11) is -3.29. The van der Waals surface area contributed by atoms with E-state index in [0.29, 0.717) is 0 Å². The predicted octanol–water partition coefficient (Wildman–Crippen LogP) is 0.290. The van der Waals surface area contributed by atoms with Crippen LogP contribution in [0.1, 0.15) is 6.92 Å². The largest absolute Gasteiger partial charge is 0.397 e. The molecule has 0 aromatic carbocycles. The monoisotopic (exact) mass is 222 g/mol. The summed E-state index contributed by atoms with van der Waals surface area (Å²) in [6.07, 6.45) is 3.89. The Morgan fingerprint density at radius 1 is 1.71 bits per heavy atom. The van der Waals surface area contributed by atoms with E-state index in [4.69, 9.17) is 4.55 Å². The van der Waals surface area contributed by atoms with E-state index in [2.05, 4.69) is 16.1 Å². The van der Waals surface area contributed by atoms with E-state index in [-0.39, 0.29) is 0 Å². The molecule has 0 saturated carbocycles. The summed E-state index contributed by atoms with van der Waals surface area (Å²) in [5.74, 6) is 0. The van der Waals surface area contributed by atoms with Crippen molar-refractivity contribution in [3.63, 3.8) is 0 Å². The van der Waals surface area contributed by atoms with Gasteiger partial charge < -0.3 is 10.2 Å². The van der Waals surface area contributed by atoms with Crippen LogP contribution in [0.4, 0.5) is 0 Å². The Hall–Kier alpha value is -1.05. The van der Waals surface area contributed by atoms with E-state index in [9.17, 15) is 8.42 Å². The molecule has 1 heterocycles. The standard InChI is InChI=1S/C6H10N2.CH4O4S/c1-6(2)8-4-3-7-5-8;1-5-6(2,3)4/h3-4,7H,1,5H2,2H3;1H3,(H,2,3,4). The van der Waals surface area contributed by atoms with Crippen LogP contribution in [0.2, 0.25) is 0 Å². The summed E-state index contributed by atoms with van der Waals surface area (Å²) in [6.45, 7) is 6.63. The fourth-order valence-electron chi connectivity index (χ4n) is 0.609. The van der Waals surface area contributed by atoms with Gasteiger partial charge in [-0.05, 0) is 6.92 Å². The van der Waals surface area contributed by atoms with Gasteiger partial charge in [-0.15, -0.1) is 0 Å². The van der Waals surface area contributed by atoms with Crippen LogP contribution in [0.5, 0.6) is 0 Å². The van der Waals surface area contributed by atoms with Gasteiger partial charge in [-0.2, -0.15) is 8.42 Å². The lowest BCUT2D eigenvalue weighted by molar-refractivity contribution is 0.324. The molecule has 0 fully saturated rings. The van der Waals surface area contributed by atoms with Gasteiger partial charge in [-0.1, -0.05) is 6.58 Å². The zero-order valence-corrected chi connectivity index (χ0v) is 8.91. The van der Waals surface area contributed by atoms with E-state index in [1.807, 2.05) is 24.2 Å². The highest BCUT2D eigenvalue weighted by molar-refractivity contribution is 7.80. The van der Waals surface area contributed by atoms with Crippen molar-refractivity contribution < 1.29 is 17.2 Å². The molecule has 1 aliphatic rings. The molecule has 7 heteroatoms. The molecule has 0 aromatic rings. The first-order valence-corrected chi connectivity index (χ1v) is 5.08. The lowest BCUT2D eigenvalue weighted by atomic mass is 10.5. The normalized spacial score (nSPS) is 14.4. The molecular formula is C7H14N2O4S. The molecule has 82 valence electrons. The maximum absolute atomic E-state index is 9.33. The summed E-state index contributed by atoms with van der Waals surface area (Å²) in [4.78, 5) is 2.04. The smallest absolute Gasteiger partial charge is 0.372 e.